The molecule has 0 fully saturated rings. The van der Waals surface area contributed by atoms with Crippen LogP contribution in [0.1, 0.15) is 90.1 Å². The topological polar surface area (TPSA) is 114 Å². The average molecular weight is 636 g/mol. The molecule has 2 N–H and O–H groups in total. The van der Waals surface area contributed by atoms with Crippen molar-refractivity contribution in [3.8, 4) is 0 Å². The lowest BCUT2D eigenvalue weighted by atomic mass is 9.93. The molecular weight excluding hydrogens is 582 g/mol. The van der Waals surface area contributed by atoms with Crippen LogP contribution in [0.4, 0.5) is 4.79 Å². The summed E-state index contributed by atoms with van der Waals surface area (Å²) >= 11 is 0. The number of benzene rings is 2. The molecule has 0 saturated heterocycles. The van der Waals surface area contributed by atoms with Crippen LogP contribution in [0.15, 0.2) is 61.2 Å². The molecule has 9 nitrogen and oxygen atoms in total. The number of hydrogen-bond donors (Lipinski definition) is 2. The van der Waals surface area contributed by atoms with Gasteiger partial charge in [0.2, 0.25) is 11.8 Å². The predicted octanol–water partition coefficient (Wildman–Crippen LogP) is 6.37. The van der Waals surface area contributed by atoms with Gasteiger partial charge in [-0.15, -0.1) is 6.58 Å². The monoisotopic (exact) mass is 635 g/mol. The van der Waals surface area contributed by atoms with Crippen LogP contribution in [0, 0.1) is 19.8 Å². The first-order chi connectivity index (χ1) is 21.3. The van der Waals surface area contributed by atoms with E-state index in [1.165, 1.54) is 4.90 Å². The minimum Gasteiger partial charge on any atom is -0.458 e. The van der Waals surface area contributed by atoms with E-state index < -0.39 is 53.2 Å². The third-order valence-corrected chi connectivity index (χ3v) is 7.10. The summed E-state index contributed by atoms with van der Waals surface area (Å²) in [5.74, 6) is -1.59. The lowest BCUT2D eigenvalue weighted by Gasteiger charge is -2.36. The molecule has 0 aliphatic carbocycles. The van der Waals surface area contributed by atoms with Gasteiger partial charge >= 0.3 is 12.1 Å². The number of amides is 3. The van der Waals surface area contributed by atoms with Gasteiger partial charge in [0.05, 0.1) is 0 Å². The lowest BCUT2D eigenvalue weighted by molar-refractivity contribution is -0.159. The molecule has 46 heavy (non-hydrogen) atoms. The fourth-order valence-electron chi connectivity index (χ4n) is 4.99. The van der Waals surface area contributed by atoms with E-state index in [-0.39, 0.29) is 18.9 Å². The van der Waals surface area contributed by atoms with Crippen LogP contribution < -0.4 is 10.6 Å². The highest BCUT2D eigenvalue weighted by Crippen LogP contribution is 2.28. The Balaban J connectivity index is 2.64. The number of alkyl carbamates (subject to hydrolysis) is 1. The van der Waals surface area contributed by atoms with E-state index in [1.54, 1.807) is 53.7 Å². The first-order valence-corrected chi connectivity index (χ1v) is 15.9. The number of ether oxygens (including phenoxy) is 2. The summed E-state index contributed by atoms with van der Waals surface area (Å²) in [6.07, 6.45) is 1.30. The molecular formula is C37H53N3O6. The van der Waals surface area contributed by atoms with Gasteiger partial charge in [-0.2, -0.15) is 0 Å². The van der Waals surface area contributed by atoms with Gasteiger partial charge in [0.15, 0.2) is 0 Å². The molecule has 2 aromatic carbocycles. The minimum absolute atomic E-state index is 0.00465. The van der Waals surface area contributed by atoms with E-state index >= 15 is 0 Å². The van der Waals surface area contributed by atoms with Crippen molar-refractivity contribution < 1.29 is 28.7 Å². The fraction of sp³-hybridized carbons (Fsp3) is 0.514. The molecule has 0 radical (unpaired) electrons. The van der Waals surface area contributed by atoms with Crippen LogP contribution in [-0.2, 0) is 30.3 Å². The zero-order valence-electron chi connectivity index (χ0n) is 29.2. The van der Waals surface area contributed by atoms with Gasteiger partial charge in [-0.25, -0.2) is 9.59 Å². The first-order valence-electron chi connectivity index (χ1n) is 15.9. The van der Waals surface area contributed by atoms with Crippen molar-refractivity contribution in [1.82, 2.24) is 15.5 Å². The molecule has 0 aliphatic heterocycles. The van der Waals surface area contributed by atoms with Gasteiger partial charge in [0, 0.05) is 13.0 Å². The molecule has 2 aromatic rings. The molecule has 0 bridgehead atoms. The number of hydrogen-bond acceptors (Lipinski definition) is 6. The van der Waals surface area contributed by atoms with Crippen molar-refractivity contribution in [3.05, 3.63) is 83.4 Å². The zero-order chi connectivity index (χ0) is 34.8. The summed E-state index contributed by atoms with van der Waals surface area (Å²) < 4.78 is 11.2. The number of aryl methyl sites for hydroxylation is 1. The Morgan fingerprint density at radius 1 is 0.848 bits per heavy atom. The van der Waals surface area contributed by atoms with Crippen LogP contribution in [0.2, 0.25) is 0 Å². The molecule has 0 heterocycles. The number of nitrogens with one attached hydrogen (secondary N) is 2. The molecule has 0 aliphatic rings. The van der Waals surface area contributed by atoms with Crippen molar-refractivity contribution >= 4 is 23.9 Å². The Hall–Kier alpha value is -4.14. The number of esters is 1. The van der Waals surface area contributed by atoms with Gasteiger partial charge in [-0.1, -0.05) is 68.5 Å². The van der Waals surface area contributed by atoms with Crippen molar-refractivity contribution in [1.29, 1.82) is 0 Å². The fourth-order valence-corrected chi connectivity index (χ4v) is 4.99. The predicted molar refractivity (Wildman–Crippen MR) is 181 cm³/mol. The van der Waals surface area contributed by atoms with E-state index in [0.29, 0.717) is 12.0 Å². The summed E-state index contributed by atoms with van der Waals surface area (Å²) in [5.41, 5.74) is 1.62. The summed E-state index contributed by atoms with van der Waals surface area (Å²) in [4.78, 5) is 56.7. The van der Waals surface area contributed by atoms with Crippen LogP contribution >= 0.6 is 0 Å². The standard InChI is InChI=1S/C37H53N3O6/c1-12-21-40(33(42)29(22-24(2)3)39-35(44)46-37(9,10)11)31(28-20-16-17-25(4)26(28)5)32(41)38-30(34(43)45-36(6,7)8)23-27-18-14-13-15-19-27/h12-20,24,29-31H,1,21-23H2,2-11H3,(H,38,41)(H,39,44). The second kappa shape index (κ2) is 16.4. The first kappa shape index (κ1) is 38.0. The lowest BCUT2D eigenvalue weighted by Crippen LogP contribution is -2.55. The van der Waals surface area contributed by atoms with Crippen LogP contribution in [0.3, 0.4) is 0 Å². The summed E-state index contributed by atoms with van der Waals surface area (Å²) in [5, 5.41) is 5.66. The van der Waals surface area contributed by atoms with Crippen molar-refractivity contribution in [2.24, 2.45) is 5.92 Å². The van der Waals surface area contributed by atoms with Gasteiger partial charge < -0.3 is 25.0 Å². The molecule has 0 spiro atoms. The smallest absolute Gasteiger partial charge is 0.408 e. The highest BCUT2D eigenvalue weighted by atomic mass is 16.6. The van der Waals surface area contributed by atoms with Gasteiger partial charge in [0.25, 0.3) is 0 Å². The maximum atomic E-state index is 14.5. The second-order valence-electron chi connectivity index (χ2n) is 14.1. The average Bonchev–Trinajstić information content (AvgIpc) is 2.92. The maximum absolute atomic E-state index is 14.5. The van der Waals surface area contributed by atoms with Crippen LogP contribution in [0.25, 0.3) is 0 Å². The Kier molecular flexibility index (Phi) is 13.6. The van der Waals surface area contributed by atoms with Crippen LogP contribution in [-0.4, -0.2) is 58.6 Å². The van der Waals surface area contributed by atoms with Crippen molar-refractivity contribution in [2.75, 3.05) is 6.54 Å². The Labute approximate surface area is 275 Å². The van der Waals surface area contributed by atoms with Gasteiger partial charge in [-0.05, 0) is 90.0 Å². The Bertz CT molecular complexity index is 1360. The molecule has 3 unspecified atom stereocenters. The summed E-state index contributed by atoms with van der Waals surface area (Å²) in [6, 6.07) is 11.7. The van der Waals surface area contributed by atoms with E-state index in [2.05, 4.69) is 17.2 Å². The summed E-state index contributed by atoms with van der Waals surface area (Å²) in [6.45, 7) is 22.1. The number of rotatable bonds is 13. The summed E-state index contributed by atoms with van der Waals surface area (Å²) in [7, 11) is 0. The Morgan fingerprint density at radius 2 is 1.46 bits per heavy atom. The molecule has 0 aromatic heterocycles. The van der Waals surface area contributed by atoms with Crippen molar-refractivity contribution in [3.63, 3.8) is 0 Å². The normalized spacial score (nSPS) is 13.6. The van der Waals surface area contributed by atoms with Gasteiger partial charge in [-0.3, -0.25) is 9.59 Å². The van der Waals surface area contributed by atoms with E-state index in [0.717, 1.165) is 16.7 Å². The molecule has 0 saturated carbocycles. The highest BCUT2D eigenvalue weighted by molar-refractivity contribution is 5.94. The highest BCUT2D eigenvalue weighted by Gasteiger charge is 2.39. The molecule has 252 valence electrons. The van der Waals surface area contributed by atoms with E-state index in [4.69, 9.17) is 9.47 Å². The molecule has 3 amide bonds. The minimum atomic E-state index is -1.15. The maximum Gasteiger partial charge on any atom is 0.408 e. The Morgan fingerprint density at radius 3 is 2.00 bits per heavy atom. The largest absolute Gasteiger partial charge is 0.458 e. The quantitative estimate of drug-likeness (QED) is 0.195. The SMILES string of the molecule is C=CCN(C(=O)C(CC(C)C)NC(=O)OC(C)(C)C)C(C(=O)NC(Cc1ccccc1)C(=O)OC(C)(C)C)c1cccc(C)c1C. The van der Waals surface area contributed by atoms with Crippen LogP contribution in [0.5, 0.6) is 0 Å². The number of nitrogens with zero attached hydrogens (tertiary/aromatic N) is 1. The zero-order valence-corrected chi connectivity index (χ0v) is 29.2. The third kappa shape index (κ3) is 12.0. The number of carbonyl (C=O) groups excluding carboxylic acids is 4. The molecule has 9 heteroatoms. The third-order valence-electron chi connectivity index (χ3n) is 7.10. The van der Waals surface area contributed by atoms with E-state index in [9.17, 15) is 19.2 Å². The second-order valence-corrected chi connectivity index (χ2v) is 14.1. The number of carbonyl (C=O) groups is 4. The van der Waals surface area contributed by atoms with E-state index in [1.807, 2.05) is 70.2 Å². The van der Waals surface area contributed by atoms with Gasteiger partial charge in [0.1, 0.15) is 29.3 Å². The van der Waals surface area contributed by atoms with Crippen molar-refractivity contribution in [2.45, 2.75) is 111 Å². The molecule has 2 rings (SSSR count). The molecule has 3 atom stereocenters.